The predicted molar refractivity (Wildman–Crippen MR) is 111 cm³/mol. The van der Waals surface area contributed by atoms with E-state index < -0.39 is 0 Å². The van der Waals surface area contributed by atoms with Gasteiger partial charge in [0.2, 0.25) is 0 Å². The zero-order valence-electron chi connectivity index (χ0n) is 16.4. The van der Waals surface area contributed by atoms with Crippen LogP contribution in [-0.4, -0.2) is 37.4 Å². The Morgan fingerprint density at radius 2 is 1.96 bits per heavy atom. The van der Waals surface area contributed by atoms with Gasteiger partial charge in [-0.25, -0.2) is 0 Å². The van der Waals surface area contributed by atoms with Crippen LogP contribution in [0, 0.1) is 6.92 Å². The summed E-state index contributed by atoms with van der Waals surface area (Å²) in [5.74, 6) is 0.479. The number of aliphatic hydroxyl groups is 1. The average molecular weight is 407 g/mol. The van der Waals surface area contributed by atoms with Crippen LogP contribution < -0.4 is 20.1 Å². The van der Waals surface area contributed by atoms with Gasteiger partial charge in [0.15, 0.2) is 18.1 Å². The first kappa shape index (κ1) is 22.0. The summed E-state index contributed by atoms with van der Waals surface area (Å²) in [6.45, 7) is 4.39. The highest BCUT2D eigenvalue weighted by molar-refractivity contribution is 6.32. The van der Waals surface area contributed by atoms with E-state index in [1.807, 2.05) is 38.1 Å². The lowest BCUT2D eigenvalue weighted by molar-refractivity contribution is -0.118. The number of aliphatic hydroxyl groups excluding tert-OH is 1. The summed E-state index contributed by atoms with van der Waals surface area (Å²) >= 11 is 6.34. The molecule has 0 aliphatic rings. The first-order chi connectivity index (χ1) is 13.5. The number of benzene rings is 2. The van der Waals surface area contributed by atoms with Gasteiger partial charge < -0.3 is 25.2 Å². The first-order valence-electron chi connectivity index (χ1n) is 9.16. The van der Waals surface area contributed by atoms with Crippen molar-refractivity contribution < 1.29 is 19.4 Å². The fraction of sp³-hybridized carbons (Fsp3) is 0.381. The molecule has 0 aliphatic heterocycles. The normalized spacial score (nSPS) is 11.8. The van der Waals surface area contributed by atoms with Gasteiger partial charge >= 0.3 is 0 Å². The zero-order valence-corrected chi connectivity index (χ0v) is 17.2. The molecule has 0 saturated carbocycles. The van der Waals surface area contributed by atoms with Crippen LogP contribution >= 0.6 is 11.6 Å². The number of nitrogens with one attached hydrogen (secondary N) is 2. The van der Waals surface area contributed by atoms with Crippen LogP contribution in [0.25, 0.3) is 0 Å². The number of ether oxygens (including phenoxy) is 2. The van der Waals surface area contributed by atoms with Gasteiger partial charge in [-0.3, -0.25) is 4.79 Å². The molecule has 152 valence electrons. The summed E-state index contributed by atoms with van der Waals surface area (Å²) < 4.78 is 11.0. The van der Waals surface area contributed by atoms with Crippen molar-refractivity contribution in [3.8, 4) is 11.5 Å². The molecule has 7 heteroatoms. The van der Waals surface area contributed by atoms with Crippen molar-refractivity contribution in [1.29, 1.82) is 0 Å². The molecule has 0 unspecified atom stereocenters. The van der Waals surface area contributed by atoms with Crippen LogP contribution in [0.2, 0.25) is 5.02 Å². The van der Waals surface area contributed by atoms with Gasteiger partial charge in [-0.1, -0.05) is 36.2 Å². The SMILES string of the molecule is CC[C@@H](CO)NCc1cc(Cl)c(OCC(=O)Nc2ccc(C)cc2)c(OC)c1. The van der Waals surface area contributed by atoms with E-state index in [0.717, 1.165) is 17.5 Å². The highest BCUT2D eigenvalue weighted by Gasteiger charge is 2.15. The Morgan fingerprint density at radius 1 is 1.25 bits per heavy atom. The number of hydrogen-bond donors (Lipinski definition) is 3. The number of aryl methyl sites for hydroxylation is 1. The minimum atomic E-state index is -0.290. The van der Waals surface area contributed by atoms with E-state index in [1.165, 1.54) is 7.11 Å². The Labute approximate surface area is 170 Å². The Hall–Kier alpha value is -2.28. The molecule has 3 N–H and O–H groups in total. The standard InChI is InChI=1S/C21H27ClN2O4/c1-4-16(12-25)23-11-15-9-18(22)21(19(10-15)27-3)28-13-20(26)24-17-7-5-14(2)6-8-17/h5-10,16,23,25H,4,11-13H2,1-3H3,(H,24,26)/t16-/m0/s1. The minimum Gasteiger partial charge on any atom is -0.493 e. The third-order valence-corrected chi connectivity index (χ3v) is 4.56. The van der Waals surface area contributed by atoms with E-state index in [2.05, 4.69) is 10.6 Å². The molecule has 1 atom stereocenters. The first-order valence-corrected chi connectivity index (χ1v) is 9.54. The Kier molecular flexibility index (Phi) is 8.57. The summed E-state index contributed by atoms with van der Waals surface area (Å²) in [6.07, 6.45) is 0.818. The van der Waals surface area contributed by atoms with E-state index >= 15 is 0 Å². The number of carbonyl (C=O) groups is 1. The van der Waals surface area contributed by atoms with Crippen molar-refractivity contribution in [2.45, 2.75) is 32.9 Å². The molecular formula is C21H27ClN2O4. The maximum atomic E-state index is 12.1. The molecule has 0 spiro atoms. The summed E-state index contributed by atoms with van der Waals surface area (Å²) in [6, 6.07) is 11.1. The third-order valence-electron chi connectivity index (χ3n) is 4.28. The molecule has 6 nitrogen and oxygen atoms in total. The maximum Gasteiger partial charge on any atom is 0.262 e. The van der Waals surface area contributed by atoms with Crippen LogP contribution in [0.4, 0.5) is 5.69 Å². The third kappa shape index (κ3) is 6.41. The molecule has 1 amide bonds. The Bertz CT molecular complexity index is 777. The van der Waals surface area contributed by atoms with E-state index in [4.69, 9.17) is 21.1 Å². The monoisotopic (exact) mass is 406 g/mol. The number of hydrogen-bond acceptors (Lipinski definition) is 5. The topological polar surface area (TPSA) is 79.8 Å². The van der Waals surface area contributed by atoms with Gasteiger partial charge in [0.25, 0.3) is 5.91 Å². The number of amides is 1. The number of carbonyl (C=O) groups excluding carboxylic acids is 1. The fourth-order valence-electron chi connectivity index (χ4n) is 2.59. The van der Waals surface area contributed by atoms with Crippen molar-refractivity contribution in [3.05, 3.63) is 52.5 Å². The summed E-state index contributed by atoms with van der Waals surface area (Å²) in [5, 5.41) is 15.6. The lowest BCUT2D eigenvalue weighted by Crippen LogP contribution is -2.31. The van der Waals surface area contributed by atoms with Crippen LogP contribution in [0.1, 0.15) is 24.5 Å². The highest BCUT2D eigenvalue weighted by atomic mass is 35.5. The highest BCUT2D eigenvalue weighted by Crippen LogP contribution is 2.36. The molecule has 0 aliphatic carbocycles. The molecular weight excluding hydrogens is 380 g/mol. The lowest BCUT2D eigenvalue weighted by atomic mass is 10.1. The predicted octanol–water partition coefficient (Wildman–Crippen LogP) is 3.54. The van der Waals surface area contributed by atoms with Gasteiger partial charge in [0.05, 0.1) is 18.7 Å². The lowest BCUT2D eigenvalue weighted by Gasteiger charge is -2.17. The average Bonchev–Trinajstić information content (AvgIpc) is 2.69. The molecule has 0 heterocycles. The van der Waals surface area contributed by atoms with Crippen molar-refractivity contribution >= 4 is 23.2 Å². The van der Waals surface area contributed by atoms with Crippen molar-refractivity contribution in [3.63, 3.8) is 0 Å². The Morgan fingerprint density at radius 3 is 2.57 bits per heavy atom. The van der Waals surface area contributed by atoms with Gasteiger partial charge in [-0.05, 0) is 43.2 Å². The molecule has 0 radical (unpaired) electrons. The van der Waals surface area contributed by atoms with Crippen LogP contribution in [0.15, 0.2) is 36.4 Å². The van der Waals surface area contributed by atoms with Gasteiger partial charge in [0.1, 0.15) is 0 Å². The smallest absolute Gasteiger partial charge is 0.262 e. The largest absolute Gasteiger partial charge is 0.493 e. The van der Waals surface area contributed by atoms with Crippen LogP contribution in [-0.2, 0) is 11.3 Å². The minimum absolute atomic E-state index is 0.0196. The van der Waals surface area contributed by atoms with E-state index in [-0.39, 0.29) is 25.2 Å². The summed E-state index contributed by atoms with van der Waals surface area (Å²) in [4.78, 5) is 12.1. The fourth-order valence-corrected chi connectivity index (χ4v) is 2.88. The molecule has 0 bridgehead atoms. The molecule has 0 aromatic heterocycles. The van der Waals surface area contributed by atoms with Gasteiger partial charge in [0, 0.05) is 18.3 Å². The van der Waals surface area contributed by atoms with Gasteiger partial charge in [-0.15, -0.1) is 0 Å². The second-order valence-electron chi connectivity index (χ2n) is 6.48. The molecule has 0 fully saturated rings. The summed E-state index contributed by atoms with van der Waals surface area (Å²) in [7, 11) is 1.52. The van der Waals surface area contributed by atoms with Crippen molar-refractivity contribution in [2.24, 2.45) is 0 Å². The van der Waals surface area contributed by atoms with Crippen molar-refractivity contribution in [2.75, 3.05) is 25.6 Å². The van der Waals surface area contributed by atoms with E-state index in [0.29, 0.717) is 28.8 Å². The van der Waals surface area contributed by atoms with E-state index in [9.17, 15) is 9.90 Å². The summed E-state index contributed by atoms with van der Waals surface area (Å²) in [5.41, 5.74) is 2.71. The van der Waals surface area contributed by atoms with Crippen LogP contribution in [0.5, 0.6) is 11.5 Å². The zero-order chi connectivity index (χ0) is 20.5. The Balaban J connectivity index is 2.00. The number of anilines is 1. The second-order valence-corrected chi connectivity index (χ2v) is 6.89. The molecule has 0 saturated heterocycles. The molecule has 2 rings (SSSR count). The molecule has 2 aromatic carbocycles. The number of methoxy groups -OCH3 is 1. The number of rotatable bonds is 10. The molecule has 2 aromatic rings. The van der Waals surface area contributed by atoms with Crippen LogP contribution in [0.3, 0.4) is 0 Å². The van der Waals surface area contributed by atoms with Crippen molar-refractivity contribution in [1.82, 2.24) is 5.32 Å². The quantitative estimate of drug-likeness (QED) is 0.562. The molecule has 28 heavy (non-hydrogen) atoms. The van der Waals surface area contributed by atoms with Gasteiger partial charge in [-0.2, -0.15) is 0 Å². The maximum absolute atomic E-state index is 12.1. The second kappa shape index (κ2) is 10.9. The number of halogens is 1. The van der Waals surface area contributed by atoms with E-state index in [1.54, 1.807) is 12.1 Å².